The fraction of sp³-hybridized carbons (Fsp3) is 0.545. The lowest BCUT2D eigenvalue weighted by molar-refractivity contribution is -0.142. The van der Waals surface area contributed by atoms with E-state index in [4.69, 9.17) is 5.11 Å². The number of ether oxygens (including phenoxy) is 1. The van der Waals surface area contributed by atoms with Gasteiger partial charge in [-0.25, -0.2) is 0 Å². The third kappa shape index (κ3) is 4.43. The maximum Gasteiger partial charge on any atom is 0.307 e. The molecule has 0 aromatic carbocycles. The van der Waals surface area contributed by atoms with Crippen molar-refractivity contribution in [2.75, 3.05) is 20.3 Å². The minimum Gasteiger partial charge on any atom is -0.469 e. The molecule has 0 fully saturated rings. The van der Waals surface area contributed by atoms with E-state index in [9.17, 15) is 9.90 Å². The Hall–Kier alpha value is -0.950. The molecule has 3 N–H and O–H groups in total. The molecule has 0 spiro atoms. The second kappa shape index (κ2) is 7.39. The van der Waals surface area contributed by atoms with E-state index < -0.39 is 18.1 Å². The molecule has 0 amide bonds. The van der Waals surface area contributed by atoms with Gasteiger partial charge in [-0.3, -0.25) is 4.79 Å². The number of carbonyl (C=O) groups is 1. The summed E-state index contributed by atoms with van der Waals surface area (Å²) in [5.74, 6) is -0.393. The van der Waals surface area contributed by atoms with Gasteiger partial charge in [0.15, 0.2) is 0 Å². The third-order valence-corrected chi connectivity index (χ3v) is 3.29. The van der Waals surface area contributed by atoms with E-state index in [2.05, 4.69) is 10.1 Å². The molecule has 0 saturated carbocycles. The van der Waals surface area contributed by atoms with Crippen LogP contribution in [-0.4, -0.2) is 42.5 Å². The van der Waals surface area contributed by atoms with Crippen LogP contribution in [-0.2, 0) is 9.53 Å². The predicted molar refractivity (Wildman–Crippen MR) is 64.8 cm³/mol. The summed E-state index contributed by atoms with van der Waals surface area (Å²) in [7, 11) is 1.31. The second-order valence-electron chi connectivity index (χ2n) is 3.52. The zero-order chi connectivity index (χ0) is 12.7. The highest BCUT2D eigenvalue weighted by molar-refractivity contribution is 7.10. The fourth-order valence-electron chi connectivity index (χ4n) is 1.47. The van der Waals surface area contributed by atoms with Crippen LogP contribution in [0.3, 0.4) is 0 Å². The average Bonchev–Trinajstić information content (AvgIpc) is 2.86. The van der Waals surface area contributed by atoms with Crippen LogP contribution >= 0.6 is 11.3 Å². The first kappa shape index (κ1) is 14.1. The summed E-state index contributed by atoms with van der Waals surface area (Å²) in [6, 6.07) is 3.19. The molecule has 1 aromatic rings. The number of hydrogen-bond donors (Lipinski definition) is 3. The number of rotatable bonds is 7. The van der Waals surface area contributed by atoms with Crippen LogP contribution in [0, 0.1) is 0 Å². The van der Waals surface area contributed by atoms with Crippen LogP contribution < -0.4 is 5.32 Å². The average molecular weight is 259 g/mol. The van der Waals surface area contributed by atoms with Crippen molar-refractivity contribution in [1.82, 2.24) is 5.32 Å². The van der Waals surface area contributed by atoms with Crippen LogP contribution in [0.15, 0.2) is 17.5 Å². The van der Waals surface area contributed by atoms with Gasteiger partial charge in [-0.05, 0) is 11.4 Å². The topological polar surface area (TPSA) is 78.8 Å². The highest BCUT2D eigenvalue weighted by Gasteiger charge is 2.24. The minimum atomic E-state index is -0.777. The molecular formula is C11H17NO4S. The van der Waals surface area contributed by atoms with Gasteiger partial charge >= 0.3 is 5.97 Å². The lowest BCUT2D eigenvalue weighted by Crippen LogP contribution is -2.38. The first-order chi connectivity index (χ1) is 8.19. The second-order valence-corrected chi connectivity index (χ2v) is 4.50. The molecule has 1 rings (SSSR count). The monoisotopic (exact) mass is 259 g/mol. The number of methoxy groups -OCH3 is 1. The van der Waals surface area contributed by atoms with E-state index in [1.165, 1.54) is 18.4 Å². The van der Waals surface area contributed by atoms with E-state index in [1.807, 2.05) is 11.4 Å². The van der Waals surface area contributed by atoms with Crippen molar-refractivity contribution in [2.24, 2.45) is 0 Å². The quantitative estimate of drug-likeness (QED) is 0.614. The van der Waals surface area contributed by atoms with E-state index in [0.29, 0.717) is 6.54 Å². The Morgan fingerprint density at radius 1 is 1.65 bits per heavy atom. The van der Waals surface area contributed by atoms with Gasteiger partial charge in [-0.15, -0.1) is 11.3 Å². The number of nitrogens with one attached hydrogen (secondary N) is 1. The molecule has 96 valence electrons. The van der Waals surface area contributed by atoms with E-state index in [-0.39, 0.29) is 13.0 Å². The smallest absolute Gasteiger partial charge is 0.307 e. The van der Waals surface area contributed by atoms with Crippen molar-refractivity contribution in [3.63, 3.8) is 0 Å². The summed E-state index contributed by atoms with van der Waals surface area (Å²) < 4.78 is 4.58. The molecule has 1 heterocycles. The van der Waals surface area contributed by atoms with Gasteiger partial charge in [-0.1, -0.05) is 6.07 Å². The van der Waals surface area contributed by atoms with Crippen molar-refractivity contribution in [1.29, 1.82) is 0 Å². The molecule has 0 aliphatic heterocycles. The van der Waals surface area contributed by atoms with Crippen molar-refractivity contribution < 1.29 is 19.7 Å². The Morgan fingerprint density at radius 2 is 2.41 bits per heavy atom. The molecule has 0 radical (unpaired) electrons. The largest absolute Gasteiger partial charge is 0.469 e. The molecule has 2 atom stereocenters. The molecule has 5 nitrogen and oxygen atoms in total. The molecule has 17 heavy (non-hydrogen) atoms. The summed E-state index contributed by atoms with van der Waals surface area (Å²) in [4.78, 5) is 12.0. The number of aliphatic hydroxyl groups excluding tert-OH is 2. The summed E-state index contributed by atoms with van der Waals surface area (Å²) >= 11 is 1.42. The lowest BCUT2D eigenvalue weighted by atomic mass is 10.1. The van der Waals surface area contributed by atoms with Crippen LogP contribution in [0.1, 0.15) is 17.4 Å². The minimum absolute atomic E-state index is 0.0468. The van der Waals surface area contributed by atoms with Crippen LogP contribution in [0.5, 0.6) is 0 Å². The van der Waals surface area contributed by atoms with Crippen molar-refractivity contribution >= 4 is 17.3 Å². The van der Waals surface area contributed by atoms with Crippen LogP contribution in [0.4, 0.5) is 0 Å². The molecule has 0 bridgehead atoms. The van der Waals surface area contributed by atoms with Gasteiger partial charge in [0.1, 0.15) is 6.10 Å². The molecule has 6 heteroatoms. The highest BCUT2D eigenvalue weighted by atomic mass is 32.1. The van der Waals surface area contributed by atoms with Crippen molar-refractivity contribution in [3.8, 4) is 0 Å². The number of hydrogen-bond acceptors (Lipinski definition) is 6. The zero-order valence-electron chi connectivity index (χ0n) is 9.63. The van der Waals surface area contributed by atoms with Crippen molar-refractivity contribution in [3.05, 3.63) is 22.4 Å². The third-order valence-electron chi connectivity index (χ3n) is 2.35. The van der Waals surface area contributed by atoms with E-state index >= 15 is 0 Å². The fourth-order valence-corrected chi connectivity index (χ4v) is 2.24. The van der Waals surface area contributed by atoms with Gasteiger partial charge in [0.2, 0.25) is 0 Å². The summed E-state index contributed by atoms with van der Waals surface area (Å²) in [6.07, 6.45) is -0.712. The Labute approximate surface area is 104 Å². The highest BCUT2D eigenvalue weighted by Crippen LogP contribution is 2.23. The molecular weight excluding hydrogens is 242 g/mol. The standard InChI is InChI=1S/C11H17NO4S/c1-16-10(14)7-8(12-4-5-13)11(15)9-3-2-6-17-9/h2-3,6,8,11-13,15H,4-5,7H2,1H3. The molecule has 2 unspecified atom stereocenters. The maximum absolute atomic E-state index is 11.2. The van der Waals surface area contributed by atoms with Gasteiger partial charge in [-0.2, -0.15) is 0 Å². The van der Waals surface area contributed by atoms with Gasteiger partial charge in [0, 0.05) is 17.5 Å². The van der Waals surface area contributed by atoms with Crippen molar-refractivity contribution in [2.45, 2.75) is 18.6 Å². The van der Waals surface area contributed by atoms with Crippen LogP contribution in [0.2, 0.25) is 0 Å². The first-order valence-electron chi connectivity index (χ1n) is 5.31. The van der Waals surface area contributed by atoms with E-state index in [0.717, 1.165) is 4.88 Å². The Kier molecular flexibility index (Phi) is 6.13. The predicted octanol–water partition coefficient (Wildman–Crippen LogP) is 0.295. The Morgan fingerprint density at radius 3 is 2.94 bits per heavy atom. The maximum atomic E-state index is 11.2. The molecule has 0 saturated heterocycles. The Bertz CT molecular complexity index is 328. The molecule has 0 aliphatic carbocycles. The number of esters is 1. The van der Waals surface area contributed by atoms with Crippen LogP contribution in [0.25, 0.3) is 0 Å². The van der Waals surface area contributed by atoms with E-state index in [1.54, 1.807) is 6.07 Å². The lowest BCUT2D eigenvalue weighted by Gasteiger charge is -2.22. The Balaban J connectivity index is 2.64. The van der Waals surface area contributed by atoms with Gasteiger partial charge < -0.3 is 20.3 Å². The van der Waals surface area contributed by atoms with Gasteiger partial charge in [0.25, 0.3) is 0 Å². The number of thiophene rings is 1. The summed E-state index contributed by atoms with van der Waals surface area (Å²) in [5, 5.41) is 23.6. The van der Waals surface area contributed by atoms with Gasteiger partial charge in [0.05, 0.1) is 20.1 Å². The normalized spacial score (nSPS) is 14.3. The summed E-state index contributed by atoms with van der Waals surface area (Å²) in [6.45, 7) is 0.277. The first-order valence-corrected chi connectivity index (χ1v) is 6.19. The number of aliphatic hydroxyl groups is 2. The number of carbonyl (C=O) groups excluding carboxylic acids is 1. The SMILES string of the molecule is COC(=O)CC(NCCO)C(O)c1cccs1. The molecule has 1 aromatic heterocycles. The zero-order valence-corrected chi connectivity index (χ0v) is 10.4. The summed E-state index contributed by atoms with van der Waals surface area (Å²) in [5.41, 5.74) is 0. The molecule has 0 aliphatic rings.